The van der Waals surface area contributed by atoms with Gasteiger partial charge < -0.3 is 19.6 Å². The van der Waals surface area contributed by atoms with E-state index in [0.717, 1.165) is 13.1 Å². The molecule has 1 aliphatic heterocycles. The molecule has 1 fully saturated rings. The average Bonchev–Trinajstić information content (AvgIpc) is 3.08. The monoisotopic (exact) mass is 484 g/mol. The van der Waals surface area contributed by atoms with E-state index in [1.54, 1.807) is 48.5 Å². The molecule has 0 saturated carbocycles. The number of rotatable bonds is 10. The topological polar surface area (TPSA) is 74.1 Å². The molecule has 0 radical (unpaired) electrons. The number of hydrogen-bond donors (Lipinski definition) is 1. The molecule has 0 aromatic heterocycles. The molecule has 1 saturated heterocycles. The third-order valence-electron chi connectivity index (χ3n) is 6.12. The zero-order valence-electron chi connectivity index (χ0n) is 20.3. The summed E-state index contributed by atoms with van der Waals surface area (Å²) >= 11 is 6.07. The van der Waals surface area contributed by atoms with Gasteiger partial charge in [-0.25, -0.2) is 0 Å². The number of benzene rings is 2. The number of ketones is 1. The standard InChI is InChI=1S/C27H33ClN2O4/c1-5-29(6-2)15-16-30-24(19-7-11-21(28)12-8-19)23(26(32)27(30)33)25(31)20-9-13-22(14-10-20)34-17-18(3)4/h7-14,18,24,31H,5-6,15-17H2,1-4H3/b25-23+. The number of nitrogens with zero attached hydrogens (tertiary/aromatic N) is 1. The molecular weight excluding hydrogens is 452 g/mol. The third-order valence-corrected chi connectivity index (χ3v) is 6.37. The van der Waals surface area contributed by atoms with Crippen LogP contribution in [0.15, 0.2) is 54.1 Å². The molecule has 1 amide bonds. The predicted octanol–water partition coefficient (Wildman–Crippen LogP) is 2.52. The Bertz CT molecular complexity index is 1030. The van der Waals surface area contributed by atoms with Gasteiger partial charge in [-0.3, -0.25) is 9.59 Å². The van der Waals surface area contributed by atoms with Crippen LogP contribution in [-0.2, 0) is 9.59 Å². The molecule has 0 aliphatic carbocycles. The lowest BCUT2D eigenvalue weighted by molar-refractivity contribution is -0.895. The molecule has 34 heavy (non-hydrogen) atoms. The first-order chi connectivity index (χ1) is 16.3. The van der Waals surface area contributed by atoms with E-state index in [-0.39, 0.29) is 5.57 Å². The van der Waals surface area contributed by atoms with Crippen molar-refractivity contribution in [2.75, 3.05) is 32.8 Å². The minimum Gasteiger partial charge on any atom is -0.872 e. The number of quaternary nitrogens is 1. The highest BCUT2D eigenvalue weighted by molar-refractivity contribution is 6.46. The van der Waals surface area contributed by atoms with Crippen molar-refractivity contribution in [1.29, 1.82) is 0 Å². The highest BCUT2D eigenvalue weighted by atomic mass is 35.5. The van der Waals surface area contributed by atoms with E-state index in [2.05, 4.69) is 27.7 Å². The summed E-state index contributed by atoms with van der Waals surface area (Å²) in [5.41, 5.74) is 1.03. The zero-order chi connectivity index (χ0) is 24.8. The van der Waals surface area contributed by atoms with E-state index in [4.69, 9.17) is 16.3 Å². The molecule has 1 N–H and O–H groups in total. The highest BCUT2D eigenvalue weighted by Crippen LogP contribution is 2.38. The van der Waals surface area contributed by atoms with Crippen molar-refractivity contribution in [2.45, 2.75) is 33.7 Å². The summed E-state index contributed by atoms with van der Waals surface area (Å²) < 4.78 is 5.70. The Balaban J connectivity index is 2.00. The van der Waals surface area contributed by atoms with E-state index in [0.29, 0.717) is 47.5 Å². The Morgan fingerprint density at radius 2 is 1.68 bits per heavy atom. The quantitative estimate of drug-likeness (QED) is 0.319. The second kappa shape index (κ2) is 11.5. The van der Waals surface area contributed by atoms with Crippen molar-refractivity contribution in [3.8, 4) is 5.75 Å². The summed E-state index contributed by atoms with van der Waals surface area (Å²) in [4.78, 5) is 29.0. The molecule has 7 heteroatoms. The Hall–Kier alpha value is -2.83. The number of amides is 1. The number of hydrogen-bond acceptors (Lipinski definition) is 4. The van der Waals surface area contributed by atoms with Crippen molar-refractivity contribution in [3.05, 3.63) is 70.3 Å². The number of likely N-dealkylation sites (N-methyl/N-ethyl adjacent to an activating group) is 1. The molecule has 182 valence electrons. The predicted molar refractivity (Wildman–Crippen MR) is 132 cm³/mol. The number of carbonyl (C=O) groups excluding carboxylic acids is 2. The van der Waals surface area contributed by atoms with Gasteiger partial charge in [-0.15, -0.1) is 0 Å². The zero-order valence-corrected chi connectivity index (χ0v) is 21.0. The molecule has 1 heterocycles. The second-order valence-electron chi connectivity index (χ2n) is 8.96. The molecule has 2 aromatic rings. The Kier molecular flexibility index (Phi) is 8.75. The first-order valence-electron chi connectivity index (χ1n) is 11.9. The maximum atomic E-state index is 13.5. The molecule has 0 spiro atoms. The molecule has 3 rings (SSSR count). The smallest absolute Gasteiger partial charge is 0.295 e. The van der Waals surface area contributed by atoms with E-state index in [1.165, 1.54) is 9.80 Å². The second-order valence-corrected chi connectivity index (χ2v) is 9.40. The lowest BCUT2D eigenvalue weighted by Gasteiger charge is -2.28. The Labute approximate surface area is 206 Å². The van der Waals surface area contributed by atoms with Gasteiger partial charge in [-0.1, -0.05) is 55.5 Å². The van der Waals surface area contributed by atoms with Crippen LogP contribution in [0, 0.1) is 5.92 Å². The van der Waals surface area contributed by atoms with Gasteiger partial charge in [0.1, 0.15) is 5.75 Å². The fourth-order valence-corrected chi connectivity index (χ4v) is 4.22. The first-order valence-corrected chi connectivity index (χ1v) is 12.2. The lowest BCUT2D eigenvalue weighted by Crippen LogP contribution is -3.12. The molecule has 1 unspecified atom stereocenters. The van der Waals surface area contributed by atoms with Crippen LogP contribution >= 0.6 is 11.6 Å². The minimum atomic E-state index is -0.739. The summed E-state index contributed by atoms with van der Waals surface area (Å²) in [6.45, 7) is 11.8. The summed E-state index contributed by atoms with van der Waals surface area (Å²) in [5.74, 6) is -0.775. The number of carbonyl (C=O) groups is 2. The number of ether oxygens (including phenoxy) is 1. The molecular formula is C27H33ClN2O4. The average molecular weight is 485 g/mol. The van der Waals surface area contributed by atoms with Crippen molar-refractivity contribution in [1.82, 2.24) is 4.90 Å². The van der Waals surface area contributed by atoms with Gasteiger partial charge in [0.2, 0.25) is 5.78 Å². The van der Waals surface area contributed by atoms with Crippen molar-refractivity contribution in [2.24, 2.45) is 5.92 Å². The van der Waals surface area contributed by atoms with Gasteiger partial charge in [0.05, 0.1) is 38.8 Å². The largest absolute Gasteiger partial charge is 0.872 e. The van der Waals surface area contributed by atoms with Crippen LogP contribution in [0.5, 0.6) is 5.75 Å². The van der Waals surface area contributed by atoms with Crippen LogP contribution in [-0.4, -0.2) is 49.4 Å². The van der Waals surface area contributed by atoms with E-state index in [1.807, 2.05) is 0 Å². The Morgan fingerprint density at radius 3 is 2.24 bits per heavy atom. The minimum absolute atomic E-state index is 0.0160. The maximum Gasteiger partial charge on any atom is 0.295 e. The molecule has 2 aromatic carbocycles. The number of nitrogens with one attached hydrogen (secondary N) is 1. The van der Waals surface area contributed by atoms with Gasteiger partial charge >= 0.3 is 0 Å². The Morgan fingerprint density at radius 1 is 1.06 bits per heavy atom. The highest BCUT2D eigenvalue weighted by Gasteiger charge is 2.44. The first kappa shape index (κ1) is 25.8. The molecule has 1 aliphatic rings. The fraction of sp³-hybridized carbons (Fsp3) is 0.407. The molecule has 6 nitrogen and oxygen atoms in total. The van der Waals surface area contributed by atoms with Crippen LogP contribution < -0.4 is 14.7 Å². The molecule has 0 bridgehead atoms. The third kappa shape index (κ3) is 5.80. The number of likely N-dealkylation sites (tertiary alicyclic amines) is 1. The summed E-state index contributed by atoms with van der Waals surface area (Å²) in [7, 11) is 0. The van der Waals surface area contributed by atoms with E-state index >= 15 is 0 Å². The van der Waals surface area contributed by atoms with Gasteiger partial charge in [0, 0.05) is 10.6 Å². The van der Waals surface area contributed by atoms with Crippen molar-refractivity contribution in [3.63, 3.8) is 0 Å². The number of halogens is 1. The van der Waals surface area contributed by atoms with Crippen LogP contribution in [0.4, 0.5) is 0 Å². The summed E-state index contributed by atoms with van der Waals surface area (Å²) in [5, 5.41) is 14.1. The van der Waals surface area contributed by atoms with Crippen molar-refractivity contribution < 1.29 is 24.3 Å². The van der Waals surface area contributed by atoms with Gasteiger partial charge in [-0.05, 0) is 55.2 Å². The normalized spacial score (nSPS) is 17.7. The fourth-order valence-electron chi connectivity index (χ4n) is 4.10. The maximum absolute atomic E-state index is 13.5. The van der Waals surface area contributed by atoms with Crippen LogP contribution in [0.1, 0.15) is 44.9 Å². The summed E-state index contributed by atoms with van der Waals surface area (Å²) in [6.07, 6.45) is 0. The summed E-state index contributed by atoms with van der Waals surface area (Å²) in [6, 6.07) is 12.9. The van der Waals surface area contributed by atoms with Gasteiger partial charge in [-0.2, -0.15) is 0 Å². The van der Waals surface area contributed by atoms with Crippen LogP contribution in [0.2, 0.25) is 5.02 Å². The van der Waals surface area contributed by atoms with Crippen LogP contribution in [0.25, 0.3) is 5.76 Å². The SMILES string of the molecule is CC[NH+](CC)CCN1C(=O)C(=O)/C(=C(/[O-])c2ccc(OCC(C)C)cc2)C1c1ccc(Cl)cc1. The molecule has 1 atom stereocenters. The van der Waals surface area contributed by atoms with Gasteiger partial charge in [0.25, 0.3) is 5.91 Å². The van der Waals surface area contributed by atoms with Crippen LogP contribution in [0.3, 0.4) is 0 Å². The van der Waals surface area contributed by atoms with Gasteiger partial charge in [0.15, 0.2) is 0 Å². The van der Waals surface area contributed by atoms with E-state index in [9.17, 15) is 14.7 Å². The van der Waals surface area contributed by atoms with Crippen molar-refractivity contribution >= 4 is 29.1 Å². The lowest BCUT2D eigenvalue weighted by atomic mass is 9.95. The number of Topliss-reactive ketones (excluding diaryl/α,β-unsaturated/α-hetero) is 1. The van der Waals surface area contributed by atoms with E-state index < -0.39 is 23.5 Å².